The third kappa shape index (κ3) is 5.75. The number of amides is 1. The summed E-state index contributed by atoms with van der Waals surface area (Å²) in [6.07, 6.45) is -0.746. The number of nitrogens with one attached hydrogen (secondary N) is 1. The average molecular weight is 368 g/mol. The molecule has 138 valence electrons. The second-order valence-corrected chi connectivity index (χ2v) is 5.12. The Morgan fingerprint density at radius 3 is 2.58 bits per heavy atom. The number of nitriles is 1. The molecule has 0 radical (unpaired) electrons. The van der Waals surface area contributed by atoms with Gasteiger partial charge in [0.15, 0.2) is 0 Å². The first-order valence-electron chi connectivity index (χ1n) is 7.19. The first-order chi connectivity index (χ1) is 12.1. The quantitative estimate of drug-likeness (QED) is 0.310. The van der Waals surface area contributed by atoms with Crippen LogP contribution in [0.2, 0.25) is 0 Å². The number of benzene rings is 1. The lowest BCUT2D eigenvalue weighted by Gasteiger charge is -2.16. The van der Waals surface area contributed by atoms with E-state index in [0.717, 1.165) is 30.4 Å². The van der Waals surface area contributed by atoms with Crippen LogP contribution in [0, 0.1) is 17.1 Å². The van der Waals surface area contributed by atoms with Crippen molar-refractivity contribution in [3.8, 4) is 6.07 Å². The van der Waals surface area contributed by atoms with Gasteiger partial charge < -0.3 is 16.8 Å². The molecular weight excluding hydrogens is 352 g/mol. The first-order valence-corrected chi connectivity index (χ1v) is 7.19. The molecule has 1 unspecified atom stereocenters. The Balaban J connectivity index is 2.82. The number of rotatable bonds is 6. The highest BCUT2D eigenvalue weighted by molar-refractivity contribution is 5.88. The molecule has 0 heterocycles. The summed E-state index contributed by atoms with van der Waals surface area (Å²) in [5, 5.41) is 11.2. The number of halogens is 4. The molecule has 0 fully saturated rings. The zero-order chi connectivity index (χ0) is 19.9. The molecule has 1 atom stereocenters. The van der Waals surface area contributed by atoms with Crippen LogP contribution in [0.25, 0.3) is 0 Å². The molecule has 1 aromatic rings. The summed E-state index contributed by atoms with van der Waals surface area (Å²) < 4.78 is 51.5. The molecule has 5 nitrogen and oxygen atoms in total. The highest BCUT2D eigenvalue weighted by atomic mass is 19.4. The van der Waals surface area contributed by atoms with Gasteiger partial charge in [-0.15, -0.1) is 0 Å². The van der Waals surface area contributed by atoms with Gasteiger partial charge in [-0.05, 0) is 23.3 Å². The predicted molar refractivity (Wildman–Crippen MR) is 88.8 cm³/mol. The van der Waals surface area contributed by atoms with E-state index in [0.29, 0.717) is 0 Å². The van der Waals surface area contributed by atoms with Crippen LogP contribution in [0.5, 0.6) is 0 Å². The van der Waals surface area contributed by atoms with Gasteiger partial charge in [0, 0.05) is 12.6 Å². The third-order valence-electron chi connectivity index (χ3n) is 3.23. The molecule has 0 aliphatic heterocycles. The van der Waals surface area contributed by atoms with E-state index in [1.54, 1.807) is 6.07 Å². The van der Waals surface area contributed by atoms with Gasteiger partial charge in [-0.2, -0.15) is 18.4 Å². The number of alkyl halides is 3. The standard InChI is InChI=1S/C17H16F4N4O/c1-2-3-11(16(24)17(19,20)21)4-5-14(26)25-9-10-6-12(8-22)15(23)13(18)7-10/h2-7,16H,1,9,23-24H2,(H,25,26)/b5-4+,11-3-. The van der Waals surface area contributed by atoms with Gasteiger partial charge in [0.2, 0.25) is 5.91 Å². The van der Waals surface area contributed by atoms with Crippen molar-refractivity contribution in [2.24, 2.45) is 5.73 Å². The van der Waals surface area contributed by atoms with Crippen molar-refractivity contribution in [1.82, 2.24) is 5.32 Å². The van der Waals surface area contributed by atoms with E-state index in [4.69, 9.17) is 16.7 Å². The van der Waals surface area contributed by atoms with E-state index in [1.165, 1.54) is 6.07 Å². The number of anilines is 1. The number of carbonyl (C=O) groups excluding carboxylic acids is 1. The van der Waals surface area contributed by atoms with E-state index in [9.17, 15) is 22.4 Å². The van der Waals surface area contributed by atoms with Gasteiger partial charge in [0.1, 0.15) is 17.9 Å². The molecule has 0 aromatic heterocycles. The monoisotopic (exact) mass is 368 g/mol. The van der Waals surface area contributed by atoms with E-state index < -0.39 is 23.9 Å². The summed E-state index contributed by atoms with van der Waals surface area (Å²) >= 11 is 0. The molecule has 1 rings (SSSR count). The second-order valence-electron chi connectivity index (χ2n) is 5.12. The first kappa shape index (κ1) is 20.9. The zero-order valence-corrected chi connectivity index (χ0v) is 13.5. The molecule has 26 heavy (non-hydrogen) atoms. The number of allylic oxidation sites excluding steroid dienone is 2. The zero-order valence-electron chi connectivity index (χ0n) is 13.5. The maximum absolute atomic E-state index is 13.6. The SMILES string of the molecule is C=C/C=C(/C=C/C(=O)NCc1cc(F)c(N)c(C#N)c1)C(N)C(F)(F)F. The van der Waals surface area contributed by atoms with Crippen LogP contribution in [-0.4, -0.2) is 18.1 Å². The Morgan fingerprint density at radius 1 is 1.38 bits per heavy atom. The van der Waals surface area contributed by atoms with E-state index in [1.807, 2.05) is 0 Å². The maximum Gasteiger partial charge on any atom is 0.407 e. The molecule has 9 heteroatoms. The van der Waals surface area contributed by atoms with Crippen LogP contribution in [0.4, 0.5) is 23.2 Å². The Kier molecular flexibility index (Phi) is 7.10. The lowest BCUT2D eigenvalue weighted by atomic mass is 10.1. The van der Waals surface area contributed by atoms with Crippen molar-refractivity contribution in [2.75, 3.05) is 5.73 Å². The van der Waals surface area contributed by atoms with Gasteiger partial charge in [-0.3, -0.25) is 4.79 Å². The fraction of sp³-hybridized carbons (Fsp3) is 0.176. The van der Waals surface area contributed by atoms with Crippen molar-refractivity contribution >= 4 is 11.6 Å². The van der Waals surface area contributed by atoms with Crippen molar-refractivity contribution in [3.63, 3.8) is 0 Å². The lowest BCUT2D eigenvalue weighted by molar-refractivity contribution is -0.138. The lowest BCUT2D eigenvalue weighted by Crippen LogP contribution is -2.38. The van der Waals surface area contributed by atoms with Crippen LogP contribution in [0.3, 0.4) is 0 Å². The van der Waals surface area contributed by atoms with Gasteiger partial charge in [0.05, 0.1) is 11.3 Å². The number of carbonyl (C=O) groups is 1. The summed E-state index contributed by atoms with van der Waals surface area (Å²) in [5.74, 6) is -1.54. The number of nitrogen functional groups attached to an aromatic ring is 1. The summed E-state index contributed by atoms with van der Waals surface area (Å²) in [6, 6.07) is 1.79. The highest BCUT2D eigenvalue weighted by Crippen LogP contribution is 2.24. The predicted octanol–water partition coefficient (Wildman–Crippen LogP) is 2.45. The molecule has 5 N–H and O–H groups in total. The Morgan fingerprint density at radius 2 is 2.04 bits per heavy atom. The molecule has 0 bridgehead atoms. The van der Waals surface area contributed by atoms with Crippen LogP contribution in [-0.2, 0) is 11.3 Å². The van der Waals surface area contributed by atoms with Crippen LogP contribution in [0.15, 0.2) is 48.6 Å². The molecular formula is C17H16F4N4O. The normalized spacial score (nSPS) is 13.3. The summed E-state index contributed by atoms with van der Waals surface area (Å²) in [5.41, 5.74) is 9.99. The van der Waals surface area contributed by atoms with Gasteiger partial charge >= 0.3 is 6.18 Å². The highest BCUT2D eigenvalue weighted by Gasteiger charge is 2.38. The van der Waals surface area contributed by atoms with E-state index in [-0.39, 0.29) is 28.9 Å². The second kappa shape index (κ2) is 8.82. The fourth-order valence-electron chi connectivity index (χ4n) is 1.88. The van der Waals surface area contributed by atoms with Gasteiger partial charge in [-0.25, -0.2) is 4.39 Å². The van der Waals surface area contributed by atoms with E-state index in [2.05, 4.69) is 11.9 Å². The molecule has 0 aliphatic rings. The number of hydrogen-bond acceptors (Lipinski definition) is 4. The molecule has 0 saturated heterocycles. The molecule has 1 aromatic carbocycles. The van der Waals surface area contributed by atoms with Gasteiger partial charge in [-0.1, -0.05) is 24.8 Å². The smallest absolute Gasteiger partial charge is 0.395 e. The summed E-state index contributed by atoms with van der Waals surface area (Å²) in [7, 11) is 0. The fourth-order valence-corrected chi connectivity index (χ4v) is 1.88. The molecule has 0 saturated carbocycles. The average Bonchev–Trinajstić information content (AvgIpc) is 2.57. The Labute approximate surface area is 147 Å². The topological polar surface area (TPSA) is 105 Å². The maximum atomic E-state index is 13.6. The summed E-state index contributed by atoms with van der Waals surface area (Å²) in [4.78, 5) is 11.7. The minimum Gasteiger partial charge on any atom is -0.395 e. The van der Waals surface area contributed by atoms with Crippen molar-refractivity contribution in [2.45, 2.75) is 18.8 Å². The van der Waals surface area contributed by atoms with E-state index >= 15 is 0 Å². The Hall–Kier alpha value is -3.12. The largest absolute Gasteiger partial charge is 0.407 e. The third-order valence-corrected chi connectivity index (χ3v) is 3.23. The van der Waals surface area contributed by atoms with Crippen molar-refractivity contribution in [3.05, 3.63) is 65.5 Å². The summed E-state index contributed by atoms with van der Waals surface area (Å²) in [6.45, 7) is 3.14. The van der Waals surface area contributed by atoms with Crippen LogP contribution < -0.4 is 16.8 Å². The molecule has 1 amide bonds. The molecule has 0 spiro atoms. The molecule has 0 aliphatic carbocycles. The van der Waals surface area contributed by atoms with Crippen LogP contribution in [0.1, 0.15) is 11.1 Å². The van der Waals surface area contributed by atoms with Crippen molar-refractivity contribution in [1.29, 1.82) is 5.26 Å². The van der Waals surface area contributed by atoms with Gasteiger partial charge in [0.25, 0.3) is 0 Å². The number of nitrogens with two attached hydrogens (primary N) is 2. The number of nitrogens with zero attached hydrogens (tertiary/aromatic N) is 1. The van der Waals surface area contributed by atoms with Crippen molar-refractivity contribution < 1.29 is 22.4 Å². The minimum atomic E-state index is -4.68. The van der Waals surface area contributed by atoms with Crippen LogP contribution >= 0.6 is 0 Å². The minimum absolute atomic E-state index is 0.0860. The Bertz CT molecular complexity index is 791. The number of hydrogen-bond donors (Lipinski definition) is 3.